The van der Waals surface area contributed by atoms with Gasteiger partial charge in [0.2, 0.25) is 5.95 Å². The molecule has 5 aromatic rings. The Bertz CT molecular complexity index is 2070. The maximum atomic E-state index is 15.1. The fourth-order valence-corrected chi connectivity index (χ4v) is 6.39. The first kappa shape index (κ1) is 35.0. The van der Waals surface area contributed by atoms with Crippen LogP contribution in [-0.2, 0) is 17.9 Å². The minimum absolute atomic E-state index is 0.0337. The van der Waals surface area contributed by atoms with E-state index >= 15 is 4.39 Å². The van der Waals surface area contributed by atoms with Crippen LogP contribution in [0.1, 0.15) is 73.8 Å². The third-order valence-electron chi connectivity index (χ3n) is 8.73. The number of halogens is 2. The van der Waals surface area contributed by atoms with E-state index in [2.05, 4.69) is 14.7 Å². The number of methoxy groups -OCH3 is 2. The minimum atomic E-state index is -1.39. The summed E-state index contributed by atoms with van der Waals surface area (Å²) in [5.41, 5.74) is 2.24. The van der Waals surface area contributed by atoms with Crippen molar-refractivity contribution in [2.24, 2.45) is 4.40 Å². The molecule has 0 spiro atoms. The van der Waals surface area contributed by atoms with Gasteiger partial charge in [0.15, 0.2) is 17.3 Å². The van der Waals surface area contributed by atoms with Crippen molar-refractivity contribution >= 4 is 46.0 Å². The van der Waals surface area contributed by atoms with Gasteiger partial charge in [-0.15, -0.1) is 5.10 Å². The molecule has 1 saturated heterocycles. The standard InChI is InChI=1S/C36H39F2N7O4S/c1-21-7-10-25(20-44(21)34(46)23-11-8-22(9-12-23)18-40-50(47)36(2,3)4)32-42-33-28-15-26(37)16-29(38)31(28)41-35(45(33)43-32)39-19-24-13-14-27(48-5)17-30(24)49-6/h8-9,11-18,21,25H,7,10,19-20H2,1-6H3,(H,39,41)/b40-18+/t21-,25+,50-/m0/s1. The number of ether oxygens (including phenoxy) is 2. The van der Waals surface area contributed by atoms with E-state index in [-0.39, 0.29) is 46.9 Å². The maximum Gasteiger partial charge on any atom is 0.254 e. The third-order valence-corrected chi connectivity index (χ3v) is 10.1. The number of piperidine rings is 1. The lowest BCUT2D eigenvalue weighted by molar-refractivity contribution is 0.0606. The Morgan fingerprint density at radius 2 is 1.84 bits per heavy atom. The summed E-state index contributed by atoms with van der Waals surface area (Å²) in [4.78, 5) is 24.9. The summed E-state index contributed by atoms with van der Waals surface area (Å²) >= 11 is -1.39. The number of hydrogen-bond acceptors (Lipinski definition) is 9. The lowest BCUT2D eigenvalue weighted by Crippen LogP contribution is -2.45. The van der Waals surface area contributed by atoms with E-state index < -0.39 is 27.7 Å². The molecule has 1 aliphatic rings. The van der Waals surface area contributed by atoms with E-state index in [4.69, 9.17) is 19.6 Å². The first-order valence-corrected chi connectivity index (χ1v) is 17.3. The molecule has 1 amide bonds. The Morgan fingerprint density at radius 3 is 2.54 bits per heavy atom. The summed E-state index contributed by atoms with van der Waals surface area (Å²) < 4.78 is 57.8. The monoisotopic (exact) mass is 703 g/mol. The molecule has 1 fully saturated rings. The molecule has 262 valence electrons. The Morgan fingerprint density at radius 1 is 1.08 bits per heavy atom. The van der Waals surface area contributed by atoms with Crippen LogP contribution in [-0.4, -0.2) is 72.7 Å². The summed E-state index contributed by atoms with van der Waals surface area (Å²) in [5.74, 6) is -0.0826. The number of rotatable bonds is 9. The number of likely N-dealkylation sites (tertiary alicyclic amines) is 1. The van der Waals surface area contributed by atoms with Gasteiger partial charge in [-0.05, 0) is 76.4 Å². The molecule has 50 heavy (non-hydrogen) atoms. The predicted molar refractivity (Wildman–Crippen MR) is 189 cm³/mol. The van der Waals surface area contributed by atoms with Crippen molar-refractivity contribution in [1.29, 1.82) is 0 Å². The molecule has 11 nitrogen and oxygen atoms in total. The summed E-state index contributed by atoms with van der Waals surface area (Å²) in [6.07, 6.45) is 2.97. The lowest BCUT2D eigenvalue weighted by atomic mass is 9.92. The quantitative estimate of drug-likeness (QED) is 0.137. The largest absolute Gasteiger partial charge is 0.591 e. The van der Waals surface area contributed by atoms with E-state index in [9.17, 15) is 13.7 Å². The number of hydrogen-bond donors (Lipinski definition) is 1. The van der Waals surface area contributed by atoms with Crippen molar-refractivity contribution in [1.82, 2.24) is 24.5 Å². The van der Waals surface area contributed by atoms with E-state index in [0.717, 1.165) is 17.2 Å². The molecule has 3 atom stereocenters. The number of carbonyl (C=O) groups is 1. The molecule has 1 N–H and O–H groups in total. The minimum Gasteiger partial charge on any atom is -0.591 e. The van der Waals surface area contributed by atoms with Crippen molar-refractivity contribution in [3.05, 3.63) is 88.7 Å². The van der Waals surface area contributed by atoms with E-state index in [1.54, 1.807) is 56.8 Å². The van der Waals surface area contributed by atoms with Crippen LogP contribution in [0.2, 0.25) is 0 Å². The van der Waals surface area contributed by atoms with E-state index in [0.29, 0.717) is 42.3 Å². The van der Waals surface area contributed by atoms with Crippen molar-refractivity contribution in [3.8, 4) is 11.5 Å². The van der Waals surface area contributed by atoms with Gasteiger partial charge in [0.05, 0.1) is 25.8 Å². The normalized spacial score (nSPS) is 17.4. The van der Waals surface area contributed by atoms with Crippen LogP contribution in [0.25, 0.3) is 16.6 Å². The Labute approximate surface area is 292 Å². The third kappa shape index (κ3) is 7.22. The second-order valence-corrected chi connectivity index (χ2v) is 15.2. The van der Waals surface area contributed by atoms with Gasteiger partial charge in [0.1, 0.15) is 38.9 Å². The molecule has 1 aliphatic heterocycles. The zero-order valence-electron chi connectivity index (χ0n) is 28.7. The van der Waals surface area contributed by atoms with Gasteiger partial charge in [-0.2, -0.15) is 4.52 Å². The molecule has 0 bridgehead atoms. The maximum absolute atomic E-state index is 15.1. The molecule has 3 aromatic carbocycles. The number of benzene rings is 3. The number of fused-ring (bicyclic) bond motifs is 3. The van der Waals surface area contributed by atoms with Gasteiger partial charge < -0.3 is 24.2 Å². The van der Waals surface area contributed by atoms with Crippen molar-refractivity contribution in [2.75, 3.05) is 26.1 Å². The van der Waals surface area contributed by atoms with Crippen LogP contribution < -0.4 is 14.8 Å². The fraction of sp³-hybridized carbons (Fsp3) is 0.361. The summed E-state index contributed by atoms with van der Waals surface area (Å²) in [6, 6.07) is 14.4. The summed E-state index contributed by atoms with van der Waals surface area (Å²) in [5, 5.41) is 8.20. The topological polar surface area (TPSA) is 129 Å². The van der Waals surface area contributed by atoms with Crippen LogP contribution in [0.5, 0.6) is 11.5 Å². The lowest BCUT2D eigenvalue weighted by Gasteiger charge is -2.37. The van der Waals surface area contributed by atoms with E-state index in [1.165, 1.54) is 10.6 Å². The second-order valence-electron chi connectivity index (χ2n) is 13.3. The zero-order valence-corrected chi connectivity index (χ0v) is 29.6. The number of aromatic nitrogens is 4. The molecule has 3 heterocycles. The molecule has 0 unspecified atom stereocenters. The Balaban J connectivity index is 1.28. The van der Waals surface area contributed by atoms with Crippen LogP contribution >= 0.6 is 0 Å². The summed E-state index contributed by atoms with van der Waals surface area (Å²) in [6.45, 7) is 8.17. The van der Waals surface area contributed by atoms with Crippen LogP contribution in [0.4, 0.5) is 14.7 Å². The van der Waals surface area contributed by atoms with Gasteiger partial charge in [-0.1, -0.05) is 16.5 Å². The highest BCUT2D eigenvalue weighted by Gasteiger charge is 2.33. The number of nitrogens with zero attached hydrogens (tertiary/aromatic N) is 6. The van der Waals surface area contributed by atoms with Crippen LogP contribution in [0.15, 0.2) is 59.0 Å². The van der Waals surface area contributed by atoms with Crippen molar-refractivity contribution in [2.45, 2.75) is 63.8 Å². The molecule has 2 aromatic heterocycles. The molecule has 6 rings (SSSR count). The van der Waals surface area contributed by atoms with Crippen LogP contribution in [0, 0.1) is 11.6 Å². The van der Waals surface area contributed by atoms with Gasteiger partial charge in [-0.25, -0.2) is 18.7 Å². The second kappa shape index (κ2) is 14.2. The zero-order chi connectivity index (χ0) is 35.7. The number of nitrogens with one attached hydrogen (secondary N) is 1. The number of amides is 1. The molecule has 0 aliphatic carbocycles. The van der Waals surface area contributed by atoms with Gasteiger partial charge in [-0.3, -0.25) is 4.79 Å². The smallest absolute Gasteiger partial charge is 0.254 e. The van der Waals surface area contributed by atoms with Gasteiger partial charge >= 0.3 is 0 Å². The van der Waals surface area contributed by atoms with Crippen LogP contribution in [0.3, 0.4) is 0 Å². The first-order chi connectivity index (χ1) is 23.9. The first-order valence-electron chi connectivity index (χ1n) is 16.2. The number of anilines is 1. The van der Waals surface area contributed by atoms with Gasteiger partial charge in [0, 0.05) is 48.3 Å². The van der Waals surface area contributed by atoms with Gasteiger partial charge in [0.25, 0.3) is 5.91 Å². The molecular formula is C36H39F2N7O4S. The van der Waals surface area contributed by atoms with Crippen molar-refractivity contribution in [3.63, 3.8) is 0 Å². The molecule has 0 saturated carbocycles. The highest BCUT2D eigenvalue weighted by Crippen LogP contribution is 2.33. The average Bonchev–Trinajstić information content (AvgIpc) is 3.55. The predicted octanol–water partition coefficient (Wildman–Crippen LogP) is 6.47. The Kier molecular flexibility index (Phi) is 9.94. The Hall–Kier alpha value is -4.82. The van der Waals surface area contributed by atoms with Crippen molar-refractivity contribution < 1.29 is 27.6 Å². The van der Waals surface area contributed by atoms with E-state index in [1.807, 2.05) is 38.7 Å². The highest BCUT2D eigenvalue weighted by atomic mass is 32.2. The summed E-state index contributed by atoms with van der Waals surface area (Å²) in [7, 11) is 3.12. The molecule has 14 heteroatoms. The molecule has 0 radical (unpaired) electrons. The number of carbonyl (C=O) groups excluding carboxylic acids is 1. The fourth-order valence-electron chi connectivity index (χ4n) is 5.86. The average molecular weight is 704 g/mol. The molecular weight excluding hydrogens is 665 g/mol. The highest BCUT2D eigenvalue weighted by molar-refractivity contribution is 7.91. The SMILES string of the molecule is COc1ccc(CNc2nc3c(F)cc(F)cc3c3nc([C@@H]4CC[C@H](C)N(C(=O)c5ccc(/C=N/[S@@+]([O-])C(C)(C)C)cc5)C4)nn23)c(OC)c1.